The molecule has 1 N–H and O–H groups in total. The van der Waals surface area contributed by atoms with E-state index < -0.39 is 10.0 Å². The van der Waals surface area contributed by atoms with Gasteiger partial charge < -0.3 is 4.57 Å². The van der Waals surface area contributed by atoms with Crippen LogP contribution in [0.25, 0.3) is 0 Å². The van der Waals surface area contributed by atoms with Crippen molar-refractivity contribution in [2.24, 2.45) is 0 Å². The topological polar surface area (TPSA) is 64.0 Å². The zero-order chi connectivity index (χ0) is 17.3. The number of hydrogen-bond donors (Lipinski definition) is 1. The van der Waals surface area contributed by atoms with Crippen LogP contribution in [0, 0.1) is 0 Å². The Kier molecular flexibility index (Phi) is 7.75. The molecule has 0 amide bonds. The molecule has 0 spiro atoms. The normalized spacial score (nSPS) is 11.7. The third kappa shape index (κ3) is 6.63. The maximum atomic E-state index is 12.1. The first-order chi connectivity index (χ1) is 11.6. The molecule has 0 aliphatic heterocycles. The van der Waals surface area contributed by atoms with Crippen molar-refractivity contribution in [2.45, 2.75) is 50.0 Å². The molecule has 0 saturated heterocycles. The standard InChI is InChI=1S/C17H24ClN3O2S/c18-16-7-9-17(10-8-16)24(22,23)20-11-5-3-1-2-4-6-13-21-14-12-19-15-21/h7-10,12,14-15,20H,1-6,11,13H2. The summed E-state index contributed by atoms with van der Waals surface area (Å²) in [4.78, 5) is 4.27. The highest BCUT2D eigenvalue weighted by molar-refractivity contribution is 7.89. The minimum Gasteiger partial charge on any atom is -0.337 e. The molecule has 2 aromatic rings. The van der Waals surface area contributed by atoms with Crippen molar-refractivity contribution in [3.63, 3.8) is 0 Å². The molecule has 1 aromatic carbocycles. The van der Waals surface area contributed by atoms with Gasteiger partial charge in [0.25, 0.3) is 0 Å². The highest BCUT2D eigenvalue weighted by atomic mass is 35.5. The summed E-state index contributed by atoms with van der Waals surface area (Å²) in [5.74, 6) is 0. The highest BCUT2D eigenvalue weighted by Gasteiger charge is 2.12. The molecule has 132 valence electrons. The lowest BCUT2D eigenvalue weighted by Crippen LogP contribution is -2.24. The van der Waals surface area contributed by atoms with Gasteiger partial charge in [0.2, 0.25) is 10.0 Å². The van der Waals surface area contributed by atoms with E-state index in [-0.39, 0.29) is 4.90 Å². The van der Waals surface area contributed by atoms with Crippen molar-refractivity contribution in [1.82, 2.24) is 14.3 Å². The van der Waals surface area contributed by atoms with Crippen LogP contribution >= 0.6 is 11.6 Å². The van der Waals surface area contributed by atoms with E-state index in [0.717, 1.165) is 32.2 Å². The average Bonchev–Trinajstić information content (AvgIpc) is 3.07. The molecule has 1 heterocycles. The summed E-state index contributed by atoms with van der Waals surface area (Å²) in [6.45, 7) is 1.49. The molecule has 0 atom stereocenters. The van der Waals surface area contributed by atoms with E-state index in [2.05, 4.69) is 14.3 Å². The number of benzene rings is 1. The number of hydrogen-bond acceptors (Lipinski definition) is 3. The Balaban J connectivity index is 1.52. The summed E-state index contributed by atoms with van der Waals surface area (Å²) in [6, 6.07) is 6.20. The SMILES string of the molecule is O=S(=O)(NCCCCCCCCn1ccnc1)c1ccc(Cl)cc1. The first-order valence-electron chi connectivity index (χ1n) is 8.29. The van der Waals surface area contributed by atoms with Gasteiger partial charge in [-0.2, -0.15) is 0 Å². The van der Waals surface area contributed by atoms with Crippen LogP contribution in [0.4, 0.5) is 0 Å². The Bertz CT molecular complexity index is 685. The number of imidazole rings is 1. The van der Waals surface area contributed by atoms with E-state index in [9.17, 15) is 8.42 Å². The Morgan fingerprint density at radius 2 is 1.67 bits per heavy atom. The van der Waals surface area contributed by atoms with Crippen LogP contribution < -0.4 is 4.72 Å². The number of nitrogens with zero attached hydrogens (tertiary/aromatic N) is 2. The van der Waals surface area contributed by atoms with E-state index in [0.29, 0.717) is 11.6 Å². The van der Waals surface area contributed by atoms with Crippen molar-refractivity contribution in [3.8, 4) is 0 Å². The Labute approximate surface area is 149 Å². The molecule has 24 heavy (non-hydrogen) atoms. The fourth-order valence-electron chi connectivity index (χ4n) is 2.45. The van der Waals surface area contributed by atoms with Gasteiger partial charge in [-0.15, -0.1) is 0 Å². The fourth-order valence-corrected chi connectivity index (χ4v) is 3.65. The quantitative estimate of drug-likeness (QED) is 0.612. The first kappa shape index (κ1) is 19.0. The number of nitrogens with one attached hydrogen (secondary N) is 1. The summed E-state index contributed by atoms with van der Waals surface area (Å²) < 4.78 is 28.9. The summed E-state index contributed by atoms with van der Waals surface area (Å²) in [7, 11) is -3.42. The Morgan fingerprint density at radius 3 is 2.33 bits per heavy atom. The Morgan fingerprint density at radius 1 is 1.00 bits per heavy atom. The van der Waals surface area contributed by atoms with Crippen molar-refractivity contribution >= 4 is 21.6 Å². The molecular weight excluding hydrogens is 346 g/mol. The van der Waals surface area contributed by atoms with Gasteiger partial charge in [0, 0.05) is 30.5 Å². The van der Waals surface area contributed by atoms with Gasteiger partial charge in [-0.3, -0.25) is 0 Å². The molecular formula is C17H24ClN3O2S. The summed E-state index contributed by atoms with van der Waals surface area (Å²) in [5, 5.41) is 0.530. The largest absolute Gasteiger partial charge is 0.337 e. The van der Waals surface area contributed by atoms with E-state index >= 15 is 0 Å². The minimum atomic E-state index is -3.42. The lowest BCUT2D eigenvalue weighted by atomic mass is 10.1. The maximum absolute atomic E-state index is 12.1. The number of aromatic nitrogens is 2. The van der Waals surface area contributed by atoms with E-state index in [1.54, 1.807) is 18.3 Å². The van der Waals surface area contributed by atoms with Gasteiger partial charge in [0.1, 0.15) is 0 Å². The second-order valence-corrected chi connectivity index (χ2v) is 7.98. The summed E-state index contributed by atoms with van der Waals surface area (Å²) in [5.41, 5.74) is 0. The smallest absolute Gasteiger partial charge is 0.240 e. The van der Waals surface area contributed by atoms with E-state index in [4.69, 9.17) is 11.6 Å². The molecule has 0 bridgehead atoms. The van der Waals surface area contributed by atoms with Gasteiger partial charge in [-0.1, -0.05) is 37.3 Å². The average molecular weight is 370 g/mol. The van der Waals surface area contributed by atoms with Crippen molar-refractivity contribution in [1.29, 1.82) is 0 Å². The predicted octanol–water partition coefficient (Wildman–Crippen LogP) is 3.86. The number of rotatable bonds is 11. The van der Waals surface area contributed by atoms with Gasteiger partial charge in [-0.05, 0) is 37.1 Å². The van der Waals surface area contributed by atoms with Crippen LogP contribution in [-0.2, 0) is 16.6 Å². The molecule has 0 aliphatic rings. The molecule has 0 fully saturated rings. The predicted molar refractivity (Wildman–Crippen MR) is 96.6 cm³/mol. The number of unbranched alkanes of at least 4 members (excludes halogenated alkanes) is 5. The monoisotopic (exact) mass is 369 g/mol. The number of sulfonamides is 1. The zero-order valence-electron chi connectivity index (χ0n) is 13.7. The number of aryl methyl sites for hydroxylation is 1. The second-order valence-electron chi connectivity index (χ2n) is 5.77. The van der Waals surface area contributed by atoms with E-state index in [1.807, 2.05) is 12.5 Å². The lowest BCUT2D eigenvalue weighted by Gasteiger charge is -2.07. The lowest BCUT2D eigenvalue weighted by molar-refractivity contribution is 0.545. The van der Waals surface area contributed by atoms with Crippen molar-refractivity contribution in [3.05, 3.63) is 48.0 Å². The molecule has 1 aromatic heterocycles. The van der Waals surface area contributed by atoms with Gasteiger partial charge in [-0.25, -0.2) is 18.1 Å². The molecule has 2 rings (SSSR count). The van der Waals surface area contributed by atoms with Crippen molar-refractivity contribution in [2.75, 3.05) is 6.54 Å². The van der Waals surface area contributed by atoms with Crippen LogP contribution in [0.2, 0.25) is 5.02 Å². The highest BCUT2D eigenvalue weighted by Crippen LogP contribution is 2.14. The molecule has 0 aliphatic carbocycles. The van der Waals surface area contributed by atoms with Crippen LogP contribution in [-0.4, -0.2) is 24.5 Å². The third-order valence-corrected chi connectivity index (χ3v) is 5.55. The minimum absolute atomic E-state index is 0.256. The second kappa shape index (κ2) is 9.81. The van der Waals surface area contributed by atoms with Crippen LogP contribution in [0.15, 0.2) is 47.9 Å². The van der Waals surface area contributed by atoms with Gasteiger partial charge in [0.15, 0.2) is 0 Å². The van der Waals surface area contributed by atoms with Gasteiger partial charge >= 0.3 is 0 Å². The van der Waals surface area contributed by atoms with Crippen molar-refractivity contribution < 1.29 is 8.42 Å². The first-order valence-corrected chi connectivity index (χ1v) is 10.1. The molecule has 0 saturated carbocycles. The molecule has 0 radical (unpaired) electrons. The summed E-state index contributed by atoms with van der Waals surface area (Å²) in [6.07, 6.45) is 12.2. The molecule has 5 nitrogen and oxygen atoms in total. The fraction of sp³-hybridized carbons (Fsp3) is 0.471. The summed E-state index contributed by atoms with van der Waals surface area (Å²) >= 11 is 5.77. The Hall–Kier alpha value is -1.37. The van der Waals surface area contributed by atoms with Crippen LogP contribution in [0.3, 0.4) is 0 Å². The van der Waals surface area contributed by atoms with Crippen LogP contribution in [0.1, 0.15) is 38.5 Å². The zero-order valence-corrected chi connectivity index (χ0v) is 15.3. The van der Waals surface area contributed by atoms with Gasteiger partial charge in [0.05, 0.1) is 11.2 Å². The molecule has 0 unspecified atom stereocenters. The maximum Gasteiger partial charge on any atom is 0.240 e. The molecule has 7 heteroatoms. The van der Waals surface area contributed by atoms with Crippen LogP contribution in [0.5, 0.6) is 0 Å². The van der Waals surface area contributed by atoms with E-state index in [1.165, 1.54) is 25.0 Å². The number of halogens is 1. The third-order valence-electron chi connectivity index (χ3n) is 3.82.